The number of nitrogen functional groups attached to an aromatic ring is 1. The first-order valence-corrected chi connectivity index (χ1v) is 4.68. The molecule has 1 aromatic rings. The number of oxime groups is 1. The van der Waals surface area contributed by atoms with Gasteiger partial charge in [0, 0.05) is 0 Å². The maximum absolute atomic E-state index is 11.0. The average molecular weight is 213 g/mol. The molecule has 0 spiro atoms. The summed E-state index contributed by atoms with van der Waals surface area (Å²) in [5.74, 6) is -0.562. The van der Waals surface area contributed by atoms with Crippen LogP contribution in [0.4, 0.5) is 5.00 Å². The maximum atomic E-state index is 11.0. The Hall–Kier alpha value is -1.56. The molecule has 1 amide bonds. The SMILES string of the molecule is CC(=NO)c1sc(N)c(C(N)=O)c1C. The number of nitrogens with two attached hydrogens (primary N) is 2. The zero-order valence-electron chi connectivity index (χ0n) is 7.87. The molecule has 76 valence electrons. The van der Waals surface area contributed by atoms with Crippen LogP contribution in [0.15, 0.2) is 5.16 Å². The second-order valence-electron chi connectivity index (χ2n) is 2.85. The van der Waals surface area contributed by atoms with Crippen molar-refractivity contribution in [1.29, 1.82) is 0 Å². The summed E-state index contributed by atoms with van der Waals surface area (Å²) in [7, 11) is 0. The van der Waals surface area contributed by atoms with E-state index in [9.17, 15) is 4.79 Å². The largest absolute Gasteiger partial charge is 0.411 e. The normalized spacial score (nSPS) is 11.7. The van der Waals surface area contributed by atoms with E-state index in [1.54, 1.807) is 13.8 Å². The van der Waals surface area contributed by atoms with Crippen molar-refractivity contribution in [3.05, 3.63) is 16.0 Å². The molecule has 0 aliphatic carbocycles. The molecule has 0 aliphatic rings. The standard InChI is InChI=1S/C8H11N3O2S/c1-3-5(7(9)12)8(10)14-6(3)4(2)11-13/h13H,10H2,1-2H3,(H2,9,12). The van der Waals surface area contributed by atoms with Gasteiger partial charge >= 0.3 is 0 Å². The van der Waals surface area contributed by atoms with Gasteiger partial charge in [-0.2, -0.15) is 0 Å². The molecule has 6 heteroatoms. The Balaban J connectivity index is 3.38. The van der Waals surface area contributed by atoms with Crippen LogP contribution in [0.25, 0.3) is 0 Å². The number of anilines is 1. The van der Waals surface area contributed by atoms with Gasteiger partial charge in [-0.05, 0) is 19.4 Å². The van der Waals surface area contributed by atoms with E-state index in [1.807, 2.05) is 0 Å². The minimum absolute atomic E-state index is 0.313. The van der Waals surface area contributed by atoms with Crippen molar-refractivity contribution in [3.8, 4) is 0 Å². The van der Waals surface area contributed by atoms with Gasteiger partial charge in [0.05, 0.1) is 21.2 Å². The van der Waals surface area contributed by atoms with E-state index in [4.69, 9.17) is 16.7 Å². The first-order chi connectivity index (χ1) is 6.49. The lowest BCUT2D eigenvalue weighted by atomic mass is 10.1. The zero-order valence-corrected chi connectivity index (χ0v) is 8.68. The third-order valence-electron chi connectivity index (χ3n) is 1.90. The van der Waals surface area contributed by atoms with Crippen LogP contribution in [0.3, 0.4) is 0 Å². The fourth-order valence-corrected chi connectivity index (χ4v) is 2.25. The molecule has 0 saturated carbocycles. The fourth-order valence-electron chi connectivity index (χ4n) is 1.23. The molecule has 1 rings (SSSR count). The predicted molar refractivity (Wildman–Crippen MR) is 56.0 cm³/mol. The zero-order chi connectivity index (χ0) is 10.9. The van der Waals surface area contributed by atoms with Crippen molar-refractivity contribution in [1.82, 2.24) is 0 Å². The fraction of sp³-hybridized carbons (Fsp3) is 0.250. The number of primary amides is 1. The van der Waals surface area contributed by atoms with E-state index in [0.717, 1.165) is 0 Å². The molecule has 5 nitrogen and oxygen atoms in total. The quantitative estimate of drug-likeness (QED) is 0.387. The Morgan fingerprint density at radius 1 is 1.57 bits per heavy atom. The van der Waals surface area contributed by atoms with E-state index in [2.05, 4.69) is 5.16 Å². The van der Waals surface area contributed by atoms with Crippen LogP contribution in [-0.4, -0.2) is 16.8 Å². The van der Waals surface area contributed by atoms with Crippen LogP contribution >= 0.6 is 11.3 Å². The number of hydrogen-bond donors (Lipinski definition) is 3. The average Bonchev–Trinajstić information content (AvgIpc) is 2.40. The molecule has 0 unspecified atom stereocenters. The minimum Gasteiger partial charge on any atom is -0.411 e. The molecule has 1 heterocycles. The van der Waals surface area contributed by atoms with Gasteiger partial charge < -0.3 is 16.7 Å². The minimum atomic E-state index is -0.562. The molecule has 0 atom stereocenters. The van der Waals surface area contributed by atoms with Crippen LogP contribution < -0.4 is 11.5 Å². The Kier molecular flexibility index (Phi) is 2.76. The summed E-state index contributed by atoms with van der Waals surface area (Å²) in [4.78, 5) is 11.7. The number of hydrogen-bond acceptors (Lipinski definition) is 5. The summed E-state index contributed by atoms with van der Waals surface area (Å²) in [5, 5.41) is 12.0. The summed E-state index contributed by atoms with van der Waals surface area (Å²) in [6.07, 6.45) is 0. The lowest BCUT2D eigenvalue weighted by Crippen LogP contribution is -2.13. The second-order valence-corrected chi connectivity index (χ2v) is 3.90. The molecule has 0 radical (unpaired) electrons. The lowest BCUT2D eigenvalue weighted by Gasteiger charge is -1.96. The monoisotopic (exact) mass is 213 g/mol. The smallest absolute Gasteiger partial charge is 0.251 e. The molecular formula is C8H11N3O2S. The molecule has 5 N–H and O–H groups in total. The summed E-state index contributed by atoms with van der Waals surface area (Å²) in [6.45, 7) is 3.35. The first-order valence-electron chi connectivity index (χ1n) is 3.86. The molecule has 0 saturated heterocycles. The van der Waals surface area contributed by atoms with Gasteiger partial charge in [0.25, 0.3) is 5.91 Å². The third-order valence-corrected chi connectivity index (χ3v) is 3.13. The number of rotatable bonds is 2. The van der Waals surface area contributed by atoms with Crippen molar-refractivity contribution in [3.63, 3.8) is 0 Å². The second kappa shape index (κ2) is 3.67. The molecule has 0 aliphatic heterocycles. The Labute approximate surface area is 85.0 Å². The van der Waals surface area contributed by atoms with Crippen molar-refractivity contribution in [2.24, 2.45) is 10.9 Å². The van der Waals surface area contributed by atoms with E-state index >= 15 is 0 Å². The molecule has 0 aromatic carbocycles. The summed E-state index contributed by atoms with van der Waals surface area (Å²) in [5.41, 5.74) is 12.2. The number of nitrogens with zero attached hydrogens (tertiary/aromatic N) is 1. The Bertz CT molecular complexity index is 409. The highest BCUT2D eigenvalue weighted by molar-refractivity contribution is 7.18. The predicted octanol–water partition coefficient (Wildman–Crippen LogP) is 0.936. The van der Waals surface area contributed by atoms with Crippen molar-refractivity contribution in [2.75, 3.05) is 5.73 Å². The highest BCUT2D eigenvalue weighted by Crippen LogP contribution is 2.30. The van der Waals surface area contributed by atoms with E-state index in [0.29, 0.717) is 26.7 Å². The number of carbonyl (C=O) groups is 1. The highest BCUT2D eigenvalue weighted by atomic mass is 32.1. The molecule has 14 heavy (non-hydrogen) atoms. The van der Waals surface area contributed by atoms with Crippen molar-refractivity contribution in [2.45, 2.75) is 13.8 Å². The van der Waals surface area contributed by atoms with E-state index < -0.39 is 5.91 Å². The molecule has 0 fully saturated rings. The van der Waals surface area contributed by atoms with E-state index in [-0.39, 0.29) is 0 Å². The molecule has 1 aromatic heterocycles. The summed E-state index contributed by atoms with van der Waals surface area (Å²) < 4.78 is 0. The number of carbonyl (C=O) groups excluding carboxylic acids is 1. The van der Waals surface area contributed by atoms with E-state index in [1.165, 1.54) is 11.3 Å². The van der Waals surface area contributed by atoms with Gasteiger partial charge in [-0.3, -0.25) is 4.79 Å². The number of amides is 1. The van der Waals surface area contributed by atoms with Crippen molar-refractivity contribution >= 4 is 28.0 Å². The maximum Gasteiger partial charge on any atom is 0.251 e. The lowest BCUT2D eigenvalue weighted by molar-refractivity contribution is 0.100. The van der Waals surface area contributed by atoms with Gasteiger partial charge in [0.2, 0.25) is 0 Å². The molecular weight excluding hydrogens is 202 g/mol. The summed E-state index contributed by atoms with van der Waals surface area (Å²) >= 11 is 1.19. The number of thiophene rings is 1. The van der Waals surface area contributed by atoms with Gasteiger partial charge in [-0.1, -0.05) is 5.16 Å². The van der Waals surface area contributed by atoms with Crippen LogP contribution in [-0.2, 0) is 0 Å². The van der Waals surface area contributed by atoms with Crippen LogP contribution in [0.5, 0.6) is 0 Å². The van der Waals surface area contributed by atoms with Gasteiger partial charge in [-0.15, -0.1) is 11.3 Å². The molecule has 0 bridgehead atoms. The Morgan fingerprint density at radius 3 is 2.50 bits per heavy atom. The topological polar surface area (TPSA) is 102 Å². The Morgan fingerprint density at radius 2 is 2.14 bits per heavy atom. The van der Waals surface area contributed by atoms with Gasteiger partial charge in [-0.25, -0.2) is 0 Å². The first kappa shape index (κ1) is 10.5. The highest BCUT2D eigenvalue weighted by Gasteiger charge is 2.18. The van der Waals surface area contributed by atoms with Crippen LogP contribution in [0.2, 0.25) is 0 Å². The van der Waals surface area contributed by atoms with Crippen LogP contribution in [0.1, 0.15) is 27.7 Å². The van der Waals surface area contributed by atoms with Gasteiger partial charge in [0.1, 0.15) is 0 Å². The van der Waals surface area contributed by atoms with Gasteiger partial charge in [0.15, 0.2) is 0 Å². The van der Waals surface area contributed by atoms with Crippen LogP contribution in [0, 0.1) is 6.92 Å². The third kappa shape index (κ3) is 1.56. The summed E-state index contributed by atoms with van der Waals surface area (Å²) in [6, 6.07) is 0. The van der Waals surface area contributed by atoms with Crippen molar-refractivity contribution < 1.29 is 10.0 Å².